The number of nitrogens with one attached hydrogen (secondary N) is 1. The van der Waals surface area contributed by atoms with Crippen molar-refractivity contribution >= 4 is 24.7 Å². The van der Waals surface area contributed by atoms with Crippen LogP contribution in [0.4, 0.5) is 4.79 Å². The van der Waals surface area contributed by atoms with Crippen molar-refractivity contribution in [3.05, 3.63) is 0 Å². The van der Waals surface area contributed by atoms with Crippen molar-refractivity contribution in [3.63, 3.8) is 0 Å². The van der Waals surface area contributed by atoms with E-state index in [2.05, 4.69) is 24.9 Å². The average Bonchev–Trinajstić information content (AvgIpc) is 2.38. The molecule has 0 aliphatic heterocycles. The van der Waals surface area contributed by atoms with Crippen LogP contribution in [-0.4, -0.2) is 35.1 Å². The van der Waals surface area contributed by atoms with Gasteiger partial charge in [0, 0.05) is 5.25 Å². The minimum Gasteiger partial charge on any atom is -0.480 e. The first kappa shape index (κ1) is 19.1. The van der Waals surface area contributed by atoms with Crippen LogP contribution in [-0.2, 0) is 9.53 Å². The molecule has 5 nitrogen and oxygen atoms in total. The highest BCUT2D eigenvalue weighted by Gasteiger charge is 2.24. The van der Waals surface area contributed by atoms with Crippen LogP contribution in [0.3, 0.4) is 0 Å². The van der Waals surface area contributed by atoms with E-state index in [0.717, 1.165) is 19.3 Å². The Morgan fingerprint density at radius 1 is 1.15 bits per heavy atom. The lowest BCUT2D eigenvalue weighted by Gasteiger charge is -2.16. The van der Waals surface area contributed by atoms with Crippen molar-refractivity contribution in [2.75, 3.05) is 6.61 Å². The van der Waals surface area contributed by atoms with Crippen molar-refractivity contribution in [1.29, 1.82) is 0 Å². The fraction of sp³-hybridized carbons (Fsp3) is 0.857. The molecule has 2 atom stereocenters. The molecule has 2 N–H and O–H groups in total. The van der Waals surface area contributed by atoms with E-state index in [1.54, 1.807) is 6.92 Å². The third-order valence-corrected chi connectivity index (χ3v) is 3.30. The number of rotatable bonds is 11. The van der Waals surface area contributed by atoms with Gasteiger partial charge in [0.05, 0.1) is 6.61 Å². The molecule has 0 fully saturated rings. The number of hydrogen-bond donors (Lipinski definition) is 3. The molecule has 0 heterocycles. The van der Waals surface area contributed by atoms with Crippen molar-refractivity contribution in [2.45, 2.75) is 70.1 Å². The van der Waals surface area contributed by atoms with Gasteiger partial charge < -0.3 is 15.2 Å². The van der Waals surface area contributed by atoms with Crippen LogP contribution in [0.1, 0.15) is 58.8 Å². The molecule has 0 bridgehead atoms. The predicted molar refractivity (Wildman–Crippen MR) is 82.3 cm³/mol. The third-order valence-electron chi connectivity index (χ3n) is 3.00. The Bertz CT molecular complexity index is 284. The van der Waals surface area contributed by atoms with E-state index in [9.17, 15) is 9.59 Å². The van der Waals surface area contributed by atoms with Gasteiger partial charge in [0.25, 0.3) is 0 Å². The van der Waals surface area contributed by atoms with Gasteiger partial charge >= 0.3 is 12.1 Å². The second-order valence-corrected chi connectivity index (χ2v) is 5.77. The summed E-state index contributed by atoms with van der Waals surface area (Å²) >= 11 is 4.02. The fourth-order valence-electron chi connectivity index (χ4n) is 1.78. The van der Waals surface area contributed by atoms with Crippen molar-refractivity contribution in [2.24, 2.45) is 0 Å². The quantitative estimate of drug-likeness (QED) is 0.404. The van der Waals surface area contributed by atoms with Gasteiger partial charge in [-0.25, -0.2) is 9.59 Å². The number of carbonyl (C=O) groups excluding carboxylic acids is 1. The molecule has 1 amide bonds. The van der Waals surface area contributed by atoms with E-state index in [0.29, 0.717) is 6.61 Å². The monoisotopic (exact) mass is 305 g/mol. The number of carbonyl (C=O) groups is 2. The molecular formula is C14H27NO4S. The molecule has 6 heteroatoms. The van der Waals surface area contributed by atoms with Crippen molar-refractivity contribution in [3.8, 4) is 0 Å². The van der Waals surface area contributed by atoms with Crippen LogP contribution < -0.4 is 5.32 Å². The van der Waals surface area contributed by atoms with Gasteiger partial charge in [-0.3, -0.25) is 0 Å². The molecule has 118 valence electrons. The minimum atomic E-state index is -1.11. The molecule has 0 aromatic heterocycles. The van der Waals surface area contributed by atoms with Gasteiger partial charge in [-0.15, -0.1) is 0 Å². The lowest BCUT2D eigenvalue weighted by molar-refractivity contribution is -0.139. The zero-order chi connectivity index (χ0) is 15.4. The molecule has 20 heavy (non-hydrogen) atoms. The summed E-state index contributed by atoms with van der Waals surface area (Å²) in [7, 11) is 0. The molecule has 0 radical (unpaired) electrons. The topological polar surface area (TPSA) is 75.6 Å². The number of aliphatic carboxylic acids is 1. The van der Waals surface area contributed by atoms with E-state index in [1.165, 1.54) is 25.7 Å². The Hall–Kier alpha value is -0.910. The Kier molecular flexibility index (Phi) is 11.3. The number of thiol groups is 1. The zero-order valence-corrected chi connectivity index (χ0v) is 13.3. The molecule has 0 spiro atoms. The summed E-state index contributed by atoms with van der Waals surface area (Å²) in [6.07, 6.45) is 7.29. The normalized spacial score (nSPS) is 13.6. The zero-order valence-electron chi connectivity index (χ0n) is 12.4. The number of amides is 1. The lowest BCUT2D eigenvalue weighted by Crippen LogP contribution is -2.46. The summed E-state index contributed by atoms with van der Waals surface area (Å²) < 4.78 is 4.95. The van der Waals surface area contributed by atoms with Gasteiger partial charge in [0.1, 0.15) is 6.04 Å². The Labute approximate surface area is 126 Å². The van der Waals surface area contributed by atoms with Crippen molar-refractivity contribution in [1.82, 2.24) is 5.32 Å². The molecule has 1 unspecified atom stereocenters. The van der Waals surface area contributed by atoms with Gasteiger partial charge in [-0.2, -0.15) is 12.6 Å². The van der Waals surface area contributed by atoms with Gasteiger partial charge in [-0.05, 0) is 6.42 Å². The first-order valence-corrected chi connectivity index (χ1v) is 7.84. The number of alkyl carbamates (subject to hydrolysis) is 1. The predicted octanol–water partition coefficient (Wildman–Crippen LogP) is 3.23. The summed E-state index contributed by atoms with van der Waals surface area (Å²) in [6, 6.07) is -1.03. The number of hydrogen-bond acceptors (Lipinski definition) is 4. The number of carboxylic acid groups (broad SMARTS) is 1. The third kappa shape index (κ3) is 9.95. The highest BCUT2D eigenvalue weighted by Crippen LogP contribution is 2.07. The molecule has 0 aliphatic rings. The summed E-state index contributed by atoms with van der Waals surface area (Å²) in [5, 5.41) is 10.7. The minimum absolute atomic E-state index is 0.326. The smallest absolute Gasteiger partial charge is 0.407 e. The van der Waals surface area contributed by atoms with Crippen LogP contribution in [0, 0.1) is 0 Å². The standard InChI is InChI=1S/C14H27NO4S/c1-3-4-5-6-7-8-9-10-19-14(18)15-12(11(2)20)13(16)17/h11-12,20H,3-10H2,1-2H3,(H,15,18)(H,16,17)/t11?,12-/m1/s1. The van der Waals surface area contributed by atoms with Crippen LogP contribution in [0.2, 0.25) is 0 Å². The first-order valence-electron chi connectivity index (χ1n) is 7.33. The average molecular weight is 305 g/mol. The van der Waals surface area contributed by atoms with Crippen molar-refractivity contribution < 1.29 is 19.4 Å². The van der Waals surface area contributed by atoms with Crippen LogP contribution in [0.25, 0.3) is 0 Å². The molecule has 0 aromatic rings. The van der Waals surface area contributed by atoms with Crippen LogP contribution in [0.15, 0.2) is 0 Å². The Morgan fingerprint density at radius 2 is 1.70 bits per heavy atom. The Morgan fingerprint density at radius 3 is 2.20 bits per heavy atom. The maximum absolute atomic E-state index is 11.4. The number of unbranched alkanes of at least 4 members (excludes halogenated alkanes) is 6. The lowest BCUT2D eigenvalue weighted by atomic mass is 10.1. The molecular weight excluding hydrogens is 278 g/mol. The summed E-state index contributed by atoms with van der Waals surface area (Å²) in [4.78, 5) is 22.3. The largest absolute Gasteiger partial charge is 0.480 e. The summed E-state index contributed by atoms with van der Waals surface area (Å²) in [5.74, 6) is -1.11. The number of carboxylic acids is 1. The highest BCUT2D eigenvalue weighted by atomic mass is 32.1. The highest BCUT2D eigenvalue weighted by molar-refractivity contribution is 7.81. The van der Waals surface area contributed by atoms with Crippen LogP contribution in [0.5, 0.6) is 0 Å². The van der Waals surface area contributed by atoms with E-state index in [-0.39, 0.29) is 0 Å². The van der Waals surface area contributed by atoms with Crippen LogP contribution >= 0.6 is 12.6 Å². The summed E-state index contributed by atoms with van der Waals surface area (Å²) in [5.41, 5.74) is 0. The maximum Gasteiger partial charge on any atom is 0.407 e. The second-order valence-electron chi connectivity index (χ2n) is 4.96. The molecule has 0 saturated carbocycles. The first-order chi connectivity index (χ1) is 9.49. The maximum atomic E-state index is 11.4. The SMILES string of the molecule is CCCCCCCCCOC(=O)N[C@@H](C(=O)O)C(C)S. The molecule has 0 saturated heterocycles. The molecule has 0 aromatic carbocycles. The Balaban J connectivity index is 3.60. The molecule has 0 aliphatic carbocycles. The van der Waals surface area contributed by atoms with Gasteiger partial charge in [0.15, 0.2) is 0 Å². The van der Waals surface area contributed by atoms with Gasteiger partial charge in [0.2, 0.25) is 0 Å². The fourth-order valence-corrected chi connectivity index (χ4v) is 1.98. The van der Waals surface area contributed by atoms with E-state index in [4.69, 9.17) is 9.84 Å². The van der Waals surface area contributed by atoms with E-state index < -0.39 is 23.4 Å². The van der Waals surface area contributed by atoms with E-state index in [1.807, 2.05) is 0 Å². The van der Waals surface area contributed by atoms with E-state index >= 15 is 0 Å². The summed E-state index contributed by atoms with van der Waals surface area (Å²) in [6.45, 7) is 4.12. The second kappa shape index (κ2) is 11.9. The number of ether oxygens (including phenoxy) is 1. The van der Waals surface area contributed by atoms with Gasteiger partial charge in [-0.1, -0.05) is 52.4 Å². The molecule has 0 rings (SSSR count).